The number of methoxy groups -OCH3 is 1. The number of benzene rings is 1. The van der Waals surface area contributed by atoms with Crippen LogP contribution in [0.3, 0.4) is 0 Å². The molecule has 1 fully saturated rings. The van der Waals surface area contributed by atoms with Crippen molar-refractivity contribution >= 4 is 17.5 Å². The summed E-state index contributed by atoms with van der Waals surface area (Å²) in [4.78, 5) is 13.9. The Balaban J connectivity index is 1.50. The highest BCUT2D eigenvalue weighted by Gasteiger charge is 2.21. The number of hydrogen-bond acceptors (Lipinski definition) is 6. The number of nitrogens with one attached hydrogen (secondary N) is 2. The molecule has 2 N–H and O–H groups in total. The number of ether oxygens (including phenoxy) is 1. The van der Waals surface area contributed by atoms with Crippen LogP contribution in [0.25, 0.3) is 16.1 Å². The largest absolute Gasteiger partial charge is 0.496 e. The van der Waals surface area contributed by atoms with Crippen molar-refractivity contribution in [1.29, 1.82) is 0 Å². The molecule has 0 atom stereocenters. The second kappa shape index (κ2) is 8.93. The first-order valence-corrected chi connectivity index (χ1v) is 10.1. The van der Waals surface area contributed by atoms with Gasteiger partial charge in [-0.05, 0) is 56.1 Å². The average Bonchev–Trinajstić information content (AvgIpc) is 3.27. The highest BCUT2D eigenvalue weighted by molar-refractivity contribution is 5.71. The normalized spacial score (nSPS) is 15.0. The first-order valence-electron chi connectivity index (χ1n) is 10.1. The fourth-order valence-electron chi connectivity index (χ4n) is 3.87. The van der Waals surface area contributed by atoms with E-state index in [1.54, 1.807) is 7.11 Å². The van der Waals surface area contributed by atoms with Gasteiger partial charge in [-0.3, -0.25) is 5.10 Å². The summed E-state index contributed by atoms with van der Waals surface area (Å²) in [5.41, 5.74) is 3.15. The molecule has 3 aromatic rings. The highest BCUT2D eigenvalue weighted by Crippen LogP contribution is 2.36. The minimum Gasteiger partial charge on any atom is -0.496 e. The minimum atomic E-state index is 0.258. The van der Waals surface area contributed by atoms with E-state index in [-0.39, 0.29) is 5.82 Å². The van der Waals surface area contributed by atoms with Gasteiger partial charge in [0.2, 0.25) is 0 Å². The number of nitrogens with zero attached hydrogens (tertiary/aromatic N) is 5. The number of likely N-dealkylation sites (tertiary alicyclic amines) is 1. The van der Waals surface area contributed by atoms with Gasteiger partial charge in [0.25, 0.3) is 5.82 Å². The quantitative estimate of drug-likeness (QED) is 0.595. The number of aromatic amines is 1. The number of H-pyrrole nitrogens is 1. The Labute approximate surface area is 176 Å². The van der Waals surface area contributed by atoms with E-state index < -0.39 is 0 Å². The van der Waals surface area contributed by atoms with E-state index in [1.807, 2.05) is 6.07 Å². The van der Waals surface area contributed by atoms with Crippen molar-refractivity contribution in [3.8, 4) is 17.0 Å². The summed E-state index contributed by atoms with van der Waals surface area (Å²) in [5, 5.41) is 10.5. The van der Waals surface area contributed by atoms with Crippen molar-refractivity contribution < 1.29 is 4.74 Å². The summed E-state index contributed by atoms with van der Waals surface area (Å²) >= 11 is 0. The average molecular weight is 403 g/mol. The third-order valence-corrected chi connectivity index (χ3v) is 5.61. The summed E-state index contributed by atoms with van der Waals surface area (Å²) in [7, 11) is 1.70. The molecule has 30 heavy (non-hydrogen) atoms. The van der Waals surface area contributed by atoms with Crippen molar-refractivity contribution in [3.63, 3.8) is 0 Å². The zero-order valence-corrected chi connectivity index (χ0v) is 17.2. The summed E-state index contributed by atoms with van der Waals surface area (Å²) in [6, 6.07) is 8.36. The first kappa shape index (κ1) is 19.9. The molecule has 0 saturated carbocycles. The number of aromatic nitrogens is 4. The van der Waals surface area contributed by atoms with E-state index in [2.05, 4.69) is 60.3 Å². The Morgan fingerprint density at radius 1 is 1.20 bits per heavy atom. The maximum Gasteiger partial charge on any atom is 0.288 e. The van der Waals surface area contributed by atoms with Gasteiger partial charge in [0.1, 0.15) is 5.75 Å². The predicted octanol–water partition coefficient (Wildman–Crippen LogP) is 4.37. The second-order valence-electron chi connectivity index (χ2n) is 7.33. The van der Waals surface area contributed by atoms with Crippen LogP contribution in [-0.2, 0) is 0 Å². The fraction of sp³-hybridized carbons (Fsp3) is 0.364. The monoisotopic (exact) mass is 403 g/mol. The molecule has 1 aliphatic rings. The Morgan fingerprint density at radius 3 is 2.70 bits per heavy atom. The van der Waals surface area contributed by atoms with Crippen LogP contribution in [0, 0.1) is 6.57 Å². The molecule has 0 radical (unpaired) electrons. The van der Waals surface area contributed by atoms with E-state index >= 15 is 0 Å². The van der Waals surface area contributed by atoms with Crippen LogP contribution in [0.5, 0.6) is 5.75 Å². The van der Waals surface area contributed by atoms with Crippen LogP contribution in [0.2, 0.25) is 0 Å². The minimum absolute atomic E-state index is 0.258. The molecule has 0 amide bonds. The molecule has 154 valence electrons. The number of hydrogen-bond donors (Lipinski definition) is 2. The van der Waals surface area contributed by atoms with Crippen LogP contribution in [-0.4, -0.2) is 51.8 Å². The molecule has 0 aliphatic carbocycles. The molecule has 0 bridgehead atoms. The summed E-state index contributed by atoms with van der Waals surface area (Å²) in [6.45, 7) is 12.6. The highest BCUT2D eigenvalue weighted by atomic mass is 16.5. The Morgan fingerprint density at radius 2 is 2.03 bits per heavy atom. The van der Waals surface area contributed by atoms with E-state index in [0.29, 0.717) is 17.6 Å². The van der Waals surface area contributed by atoms with E-state index in [1.165, 1.54) is 30.8 Å². The molecule has 4 rings (SSSR count). The molecule has 3 heterocycles. The fourth-order valence-corrected chi connectivity index (χ4v) is 3.87. The third kappa shape index (κ3) is 4.26. The van der Waals surface area contributed by atoms with Crippen LogP contribution in [0.4, 0.5) is 17.5 Å². The zero-order chi connectivity index (χ0) is 20.9. The molecular formula is C22H25N7O. The molecule has 0 spiro atoms. The molecule has 8 nitrogen and oxygen atoms in total. The van der Waals surface area contributed by atoms with Crippen molar-refractivity contribution in [1.82, 2.24) is 25.1 Å². The van der Waals surface area contributed by atoms with Crippen molar-refractivity contribution in [2.75, 3.05) is 32.1 Å². The molecule has 1 saturated heterocycles. The first-order chi connectivity index (χ1) is 14.7. The van der Waals surface area contributed by atoms with Gasteiger partial charge in [-0.2, -0.15) is 5.10 Å². The summed E-state index contributed by atoms with van der Waals surface area (Å²) in [5.74, 6) is 2.82. The van der Waals surface area contributed by atoms with Gasteiger partial charge in [-0.15, -0.1) is 4.98 Å². The van der Waals surface area contributed by atoms with Gasteiger partial charge in [0, 0.05) is 11.6 Å². The molecular weight excluding hydrogens is 378 g/mol. The van der Waals surface area contributed by atoms with Gasteiger partial charge in [-0.1, -0.05) is 19.6 Å². The van der Waals surface area contributed by atoms with E-state index in [9.17, 15) is 0 Å². The Hall–Kier alpha value is -3.44. The van der Waals surface area contributed by atoms with Crippen molar-refractivity contribution in [3.05, 3.63) is 53.6 Å². The standard InChI is InChI=1S/C22H25N7O/c1-4-29-9-7-15(8-10-29)16-5-6-17(19(11-16)30-3)18-12-20(28-27-18)26-22-14-24-21(23-2)13-25-22/h5-6,11-15H,4,7-10H2,1,3H3,(H2,25,26,27,28). The third-order valence-electron chi connectivity index (χ3n) is 5.61. The van der Waals surface area contributed by atoms with Crippen molar-refractivity contribution in [2.45, 2.75) is 25.7 Å². The molecule has 0 unspecified atom stereocenters. The summed E-state index contributed by atoms with van der Waals surface area (Å²) < 4.78 is 5.70. The van der Waals surface area contributed by atoms with Crippen molar-refractivity contribution in [2.24, 2.45) is 0 Å². The predicted molar refractivity (Wildman–Crippen MR) is 116 cm³/mol. The molecule has 1 aromatic carbocycles. The lowest BCUT2D eigenvalue weighted by Crippen LogP contribution is -2.32. The lowest BCUT2D eigenvalue weighted by atomic mass is 9.88. The van der Waals surface area contributed by atoms with E-state index in [0.717, 1.165) is 36.6 Å². The van der Waals surface area contributed by atoms with Gasteiger partial charge in [0.05, 0.1) is 19.0 Å². The van der Waals surface area contributed by atoms with Gasteiger partial charge >= 0.3 is 0 Å². The van der Waals surface area contributed by atoms with Gasteiger partial charge in [0.15, 0.2) is 17.8 Å². The van der Waals surface area contributed by atoms with Crippen LogP contribution < -0.4 is 10.1 Å². The smallest absolute Gasteiger partial charge is 0.288 e. The van der Waals surface area contributed by atoms with Gasteiger partial charge < -0.3 is 19.8 Å². The Bertz CT molecular complexity index is 1030. The van der Waals surface area contributed by atoms with Crippen LogP contribution >= 0.6 is 0 Å². The zero-order valence-electron chi connectivity index (χ0n) is 17.2. The molecule has 2 aromatic heterocycles. The molecule has 1 aliphatic heterocycles. The van der Waals surface area contributed by atoms with Crippen LogP contribution in [0.15, 0.2) is 36.7 Å². The lowest BCUT2D eigenvalue weighted by molar-refractivity contribution is 0.222. The number of rotatable bonds is 6. The Kier molecular flexibility index (Phi) is 5.91. The number of piperidine rings is 1. The second-order valence-corrected chi connectivity index (χ2v) is 7.33. The topological polar surface area (TPSA) is 83.3 Å². The number of anilines is 2. The lowest BCUT2D eigenvalue weighted by Gasteiger charge is -2.31. The van der Waals surface area contributed by atoms with E-state index in [4.69, 9.17) is 11.3 Å². The molecule has 8 heteroatoms. The maximum atomic E-state index is 6.94. The SMILES string of the molecule is [C-]#[N+]c1cnc(Nc2cc(-c3ccc(C4CCN(CC)CC4)cc3OC)[nH]n2)cn1. The van der Waals surface area contributed by atoms with Gasteiger partial charge in [-0.25, -0.2) is 4.98 Å². The summed E-state index contributed by atoms with van der Waals surface area (Å²) in [6.07, 6.45) is 5.31. The maximum absolute atomic E-state index is 6.94. The van der Waals surface area contributed by atoms with Crippen LogP contribution in [0.1, 0.15) is 31.2 Å².